The second-order valence-electron chi connectivity index (χ2n) is 5.91. The molecule has 1 N–H and O–H groups in total. The number of hydrogen-bond donors (Lipinski definition) is 1. The molecule has 1 rings (SSSR count). The van der Waals surface area contributed by atoms with E-state index in [1.165, 1.54) is 0 Å². The van der Waals surface area contributed by atoms with Crippen LogP contribution in [0.2, 0.25) is 0 Å². The summed E-state index contributed by atoms with van der Waals surface area (Å²) in [6.45, 7) is 6.89. The second kappa shape index (κ2) is 4.52. The summed E-state index contributed by atoms with van der Waals surface area (Å²) in [4.78, 5) is 2.16. The highest BCUT2D eigenvalue weighted by Crippen LogP contribution is 2.37. The van der Waals surface area contributed by atoms with E-state index in [1.54, 1.807) is 0 Å². The molecule has 0 aromatic heterocycles. The van der Waals surface area contributed by atoms with Crippen LogP contribution < -0.4 is 0 Å². The van der Waals surface area contributed by atoms with Crippen molar-refractivity contribution in [2.75, 3.05) is 14.1 Å². The van der Waals surface area contributed by atoms with Crippen LogP contribution in [0.15, 0.2) is 5.16 Å². The third kappa shape index (κ3) is 2.94. The van der Waals surface area contributed by atoms with Crippen molar-refractivity contribution in [2.45, 2.75) is 46.1 Å². The Morgan fingerprint density at radius 2 is 1.93 bits per heavy atom. The number of rotatable bonds is 1. The Bertz CT molecular complexity index is 240. The van der Waals surface area contributed by atoms with E-state index in [-0.39, 0.29) is 0 Å². The van der Waals surface area contributed by atoms with Crippen LogP contribution in [0.4, 0.5) is 0 Å². The van der Waals surface area contributed by atoms with Crippen molar-refractivity contribution in [1.82, 2.24) is 4.90 Å². The summed E-state index contributed by atoms with van der Waals surface area (Å²) < 4.78 is 0. The first kappa shape index (κ1) is 12.5. The molecule has 0 spiro atoms. The van der Waals surface area contributed by atoms with E-state index >= 15 is 0 Å². The third-order valence-corrected chi connectivity index (χ3v) is 3.62. The Balaban J connectivity index is 2.75. The van der Waals surface area contributed by atoms with Gasteiger partial charge in [-0.2, -0.15) is 0 Å². The maximum atomic E-state index is 8.96. The Hall–Kier alpha value is -0.570. The molecule has 0 saturated heterocycles. The molecule has 3 heteroatoms. The maximum Gasteiger partial charge on any atom is 0.0741 e. The minimum Gasteiger partial charge on any atom is -0.411 e. The predicted molar refractivity (Wildman–Crippen MR) is 63.5 cm³/mol. The van der Waals surface area contributed by atoms with Gasteiger partial charge >= 0.3 is 0 Å². The van der Waals surface area contributed by atoms with Crippen LogP contribution in [-0.2, 0) is 0 Å². The van der Waals surface area contributed by atoms with Crippen molar-refractivity contribution in [3.05, 3.63) is 0 Å². The summed E-state index contributed by atoms with van der Waals surface area (Å²) >= 11 is 0. The summed E-state index contributed by atoms with van der Waals surface area (Å²) in [7, 11) is 4.11. The smallest absolute Gasteiger partial charge is 0.0741 e. The lowest BCUT2D eigenvalue weighted by atomic mass is 9.70. The van der Waals surface area contributed by atoms with Crippen LogP contribution in [0, 0.1) is 11.3 Å². The highest BCUT2D eigenvalue weighted by Gasteiger charge is 2.34. The quantitative estimate of drug-likeness (QED) is 0.535. The van der Waals surface area contributed by atoms with Crippen LogP contribution in [0.5, 0.6) is 0 Å². The fraction of sp³-hybridized carbons (Fsp3) is 0.917. The Morgan fingerprint density at radius 1 is 1.33 bits per heavy atom. The van der Waals surface area contributed by atoms with Crippen molar-refractivity contribution in [2.24, 2.45) is 16.5 Å². The Kier molecular flexibility index (Phi) is 3.77. The molecule has 1 fully saturated rings. The highest BCUT2D eigenvalue weighted by molar-refractivity contribution is 5.89. The van der Waals surface area contributed by atoms with Gasteiger partial charge in [0.25, 0.3) is 0 Å². The van der Waals surface area contributed by atoms with Crippen LogP contribution in [0.1, 0.15) is 40.0 Å². The second-order valence-corrected chi connectivity index (χ2v) is 5.91. The molecule has 2 unspecified atom stereocenters. The SMILES string of the molecule is CN(C)C1CC(C(C)(C)C)CC/C1=N\O. The van der Waals surface area contributed by atoms with Crippen molar-refractivity contribution in [3.8, 4) is 0 Å². The molecular weight excluding hydrogens is 188 g/mol. The zero-order chi connectivity index (χ0) is 11.6. The third-order valence-electron chi connectivity index (χ3n) is 3.62. The van der Waals surface area contributed by atoms with Crippen LogP contribution >= 0.6 is 0 Å². The molecule has 0 aliphatic heterocycles. The molecule has 0 heterocycles. The number of oxime groups is 1. The standard InChI is InChI=1S/C12H24N2O/c1-12(2,3)9-6-7-10(13-15)11(8-9)14(4)5/h9,11,15H,6-8H2,1-5H3/b13-10+. The molecule has 0 bridgehead atoms. The van der Waals surface area contributed by atoms with Gasteiger partial charge in [0.1, 0.15) is 0 Å². The summed E-state index contributed by atoms with van der Waals surface area (Å²) in [6, 6.07) is 0.313. The molecule has 0 aromatic rings. The first-order valence-corrected chi connectivity index (χ1v) is 5.73. The van der Waals surface area contributed by atoms with Gasteiger partial charge < -0.3 is 10.1 Å². The number of hydrogen-bond acceptors (Lipinski definition) is 3. The molecule has 15 heavy (non-hydrogen) atoms. The van der Waals surface area contributed by atoms with Crippen LogP contribution in [-0.4, -0.2) is 36.0 Å². The topological polar surface area (TPSA) is 35.8 Å². The van der Waals surface area contributed by atoms with Gasteiger partial charge in [-0.1, -0.05) is 25.9 Å². The molecule has 3 nitrogen and oxygen atoms in total. The molecule has 0 radical (unpaired) electrons. The lowest BCUT2D eigenvalue weighted by Gasteiger charge is -2.40. The predicted octanol–water partition coefficient (Wildman–Crippen LogP) is 2.59. The molecule has 1 saturated carbocycles. The summed E-state index contributed by atoms with van der Waals surface area (Å²) in [5, 5.41) is 12.4. The normalized spacial score (nSPS) is 31.2. The zero-order valence-electron chi connectivity index (χ0n) is 10.6. The van der Waals surface area contributed by atoms with E-state index in [1.807, 2.05) is 0 Å². The van der Waals surface area contributed by atoms with E-state index in [0.29, 0.717) is 11.5 Å². The molecular formula is C12H24N2O. The van der Waals surface area contributed by atoms with Gasteiger partial charge in [0.15, 0.2) is 0 Å². The first-order valence-electron chi connectivity index (χ1n) is 5.73. The van der Waals surface area contributed by atoms with Crippen molar-refractivity contribution >= 4 is 5.71 Å². The van der Waals surface area contributed by atoms with E-state index in [9.17, 15) is 0 Å². The lowest BCUT2D eigenvalue weighted by molar-refractivity contribution is 0.160. The average molecular weight is 212 g/mol. The molecule has 1 aliphatic rings. The lowest BCUT2D eigenvalue weighted by Crippen LogP contribution is -2.43. The van der Waals surface area contributed by atoms with E-state index in [0.717, 1.165) is 30.9 Å². The average Bonchev–Trinajstić information content (AvgIpc) is 2.15. The Morgan fingerprint density at radius 3 is 2.33 bits per heavy atom. The van der Waals surface area contributed by atoms with Crippen molar-refractivity contribution in [1.29, 1.82) is 0 Å². The molecule has 0 aromatic carbocycles. The van der Waals surface area contributed by atoms with Crippen LogP contribution in [0.3, 0.4) is 0 Å². The fourth-order valence-corrected chi connectivity index (χ4v) is 2.42. The van der Waals surface area contributed by atoms with E-state index in [4.69, 9.17) is 5.21 Å². The molecule has 0 amide bonds. The molecule has 1 aliphatic carbocycles. The minimum absolute atomic E-state index is 0.313. The number of nitrogens with zero attached hydrogens (tertiary/aromatic N) is 2. The van der Waals surface area contributed by atoms with Gasteiger partial charge in [0, 0.05) is 0 Å². The van der Waals surface area contributed by atoms with Crippen LogP contribution in [0.25, 0.3) is 0 Å². The fourth-order valence-electron chi connectivity index (χ4n) is 2.42. The molecule has 2 atom stereocenters. The van der Waals surface area contributed by atoms with Gasteiger partial charge in [0.05, 0.1) is 11.8 Å². The highest BCUT2D eigenvalue weighted by atomic mass is 16.4. The maximum absolute atomic E-state index is 8.96. The summed E-state index contributed by atoms with van der Waals surface area (Å²) in [5.41, 5.74) is 1.30. The zero-order valence-corrected chi connectivity index (χ0v) is 10.6. The van der Waals surface area contributed by atoms with Gasteiger partial charge in [-0.05, 0) is 44.7 Å². The Labute approximate surface area is 93.2 Å². The van der Waals surface area contributed by atoms with E-state index < -0.39 is 0 Å². The van der Waals surface area contributed by atoms with Gasteiger partial charge in [-0.15, -0.1) is 0 Å². The monoisotopic (exact) mass is 212 g/mol. The van der Waals surface area contributed by atoms with Gasteiger partial charge in [-0.3, -0.25) is 0 Å². The summed E-state index contributed by atoms with van der Waals surface area (Å²) in [6.07, 6.45) is 3.18. The summed E-state index contributed by atoms with van der Waals surface area (Å²) in [5.74, 6) is 0.718. The van der Waals surface area contributed by atoms with Crippen molar-refractivity contribution in [3.63, 3.8) is 0 Å². The first-order chi connectivity index (χ1) is 6.86. The van der Waals surface area contributed by atoms with Gasteiger partial charge in [-0.25, -0.2) is 0 Å². The van der Waals surface area contributed by atoms with Crippen molar-refractivity contribution < 1.29 is 5.21 Å². The van der Waals surface area contributed by atoms with E-state index in [2.05, 4.69) is 44.9 Å². The molecule has 88 valence electrons. The largest absolute Gasteiger partial charge is 0.411 e. The minimum atomic E-state index is 0.313. The van der Waals surface area contributed by atoms with Gasteiger partial charge in [0.2, 0.25) is 0 Å².